The van der Waals surface area contributed by atoms with Gasteiger partial charge in [-0.05, 0) is 30.9 Å². The van der Waals surface area contributed by atoms with Gasteiger partial charge in [-0.15, -0.1) is 0 Å². The van der Waals surface area contributed by atoms with Gasteiger partial charge in [-0.2, -0.15) is 0 Å². The third kappa shape index (κ3) is 3.23. The number of nitrogens with zero attached hydrogens (tertiary/aromatic N) is 1. The summed E-state index contributed by atoms with van der Waals surface area (Å²) in [4.78, 5) is 38.1. The minimum Gasteiger partial charge on any atom is -0.427 e. The number of carbonyl (C=O) groups is 2. The van der Waals surface area contributed by atoms with Crippen molar-refractivity contribution in [2.24, 2.45) is 11.8 Å². The van der Waals surface area contributed by atoms with Crippen molar-refractivity contribution in [2.45, 2.75) is 46.1 Å². The van der Waals surface area contributed by atoms with Gasteiger partial charge in [-0.3, -0.25) is 9.59 Å². The van der Waals surface area contributed by atoms with Gasteiger partial charge in [0.1, 0.15) is 11.3 Å². The van der Waals surface area contributed by atoms with Crippen LogP contribution in [-0.2, 0) is 11.2 Å². The Hall–Kier alpha value is -2.11. The van der Waals surface area contributed by atoms with Crippen molar-refractivity contribution in [3.8, 4) is 0 Å². The molecule has 3 heterocycles. The molecule has 24 heavy (non-hydrogen) atoms. The second kappa shape index (κ2) is 6.42. The summed E-state index contributed by atoms with van der Waals surface area (Å²) in [7, 11) is 0. The first-order valence-electron chi connectivity index (χ1n) is 8.57. The fourth-order valence-electron chi connectivity index (χ4n) is 3.55. The van der Waals surface area contributed by atoms with E-state index >= 15 is 0 Å². The van der Waals surface area contributed by atoms with Crippen LogP contribution in [0.1, 0.15) is 48.4 Å². The van der Waals surface area contributed by atoms with Gasteiger partial charge in [-0.25, -0.2) is 4.79 Å². The van der Waals surface area contributed by atoms with Crippen LogP contribution < -0.4 is 10.9 Å². The van der Waals surface area contributed by atoms with Gasteiger partial charge >= 0.3 is 5.63 Å². The largest absolute Gasteiger partial charge is 0.427 e. The highest BCUT2D eigenvalue weighted by Gasteiger charge is 2.42. The van der Waals surface area contributed by atoms with Crippen LogP contribution in [0.5, 0.6) is 0 Å². The molecule has 6 nitrogen and oxygen atoms in total. The van der Waals surface area contributed by atoms with Gasteiger partial charge in [0.15, 0.2) is 0 Å². The van der Waals surface area contributed by atoms with Crippen molar-refractivity contribution in [3.63, 3.8) is 0 Å². The van der Waals surface area contributed by atoms with E-state index in [2.05, 4.69) is 19.2 Å². The van der Waals surface area contributed by atoms with Crippen LogP contribution in [0, 0.1) is 18.8 Å². The maximum Gasteiger partial charge on any atom is 0.349 e. The monoisotopic (exact) mass is 332 g/mol. The number of amides is 2. The van der Waals surface area contributed by atoms with E-state index in [4.69, 9.17) is 4.42 Å². The summed E-state index contributed by atoms with van der Waals surface area (Å²) in [5.74, 6) is 1.06. The maximum absolute atomic E-state index is 12.7. The van der Waals surface area contributed by atoms with Crippen molar-refractivity contribution in [3.05, 3.63) is 33.4 Å². The van der Waals surface area contributed by atoms with Crippen LogP contribution in [-0.4, -0.2) is 35.8 Å². The van der Waals surface area contributed by atoms with E-state index in [-0.39, 0.29) is 29.3 Å². The number of hydrogen-bond acceptors (Lipinski definition) is 4. The average Bonchev–Trinajstić information content (AvgIpc) is 3.01. The molecule has 0 aliphatic carbocycles. The molecule has 2 atom stereocenters. The molecule has 2 saturated heterocycles. The van der Waals surface area contributed by atoms with E-state index in [1.807, 2.05) is 0 Å². The molecule has 2 aliphatic heterocycles. The summed E-state index contributed by atoms with van der Waals surface area (Å²) in [5, 5.41) is 2.88. The van der Waals surface area contributed by atoms with Gasteiger partial charge in [0.2, 0.25) is 5.91 Å². The number of nitrogens with one attached hydrogen (secondary N) is 1. The van der Waals surface area contributed by atoms with Gasteiger partial charge in [-0.1, -0.05) is 13.8 Å². The molecule has 0 spiro atoms. The molecule has 1 aromatic rings. The van der Waals surface area contributed by atoms with Crippen LogP contribution in [0.4, 0.5) is 0 Å². The molecule has 1 aromatic heterocycles. The Balaban J connectivity index is 1.76. The van der Waals surface area contributed by atoms with Crippen molar-refractivity contribution in [1.29, 1.82) is 0 Å². The molecule has 130 valence electrons. The third-order valence-corrected chi connectivity index (χ3v) is 4.90. The molecule has 2 fully saturated rings. The fraction of sp³-hybridized carbons (Fsp3) is 0.611. The number of carbonyl (C=O) groups excluding carboxylic acids is 2. The molecule has 0 aromatic carbocycles. The summed E-state index contributed by atoms with van der Waals surface area (Å²) in [6, 6.07) is 1.81. The van der Waals surface area contributed by atoms with Crippen LogP contribution in [0.25, 0.3) is 0 Å². The quantitative estimate of drug-likeness (QED) is 0.906. The SMILES string of the molecule is Cc1cc(CCC(C)C)oc(=O)c1C(=O)N1C[C@@H]2CC(=O)N[C@@H]2C1. The lowest BCUT2D eigenvalue weighted by molar-refractivity contribution is -0.119. The molecule has 2 aliphatic rings. The molecule has 6 heteroatoms. The van der Waals surface area contributed by atoms with Gasteiger partial charge in [0.05, 0.1) is 6.04 Å². The van der Waals surface area contributed by atoms with Crippen LogP contribution in [0.15, 0.2) is 15.3 Å². The van der Waals surface area contributed by atoms with E-state index in [1.165, 1.54) is 0 Å². The molecule has 2 amide bonds. The van der Waals surface area contributed by atoms with E-state index in [9.17, 15) is 14.4 Å². The predicted molar refractivity (Wildman–Crippen MR) is 88.8 cm³/mol. The fourth-order valence-corrected chi connectivity index (χ4v) is 3.55. The summed E-state index contributed by atoms with van der Waals surface area (Å²) < 4.78 is 5.36. The Bertz CT molecular complexity index is 706. The first-order chi connectivity index (χ1) is 11.3. The zero-order valence-corrected chi connectivity index (χ0v) is 14.4. The van der Waals surface area contributed by atoms with Gasteiger partial charge < -0.3 is 14.6 Å². The van der Waals surface area contributed by atoms with Crippen LogP contribution in [0.2, 0.25) is 0 Å². The number of hydrogen-bond donors (Lipinski definition) is 1. The smallest absolute Gasteiger partial charge is 0.349 e. The molecule has 0 saturated carbocycles. The summed E-state index contributed by atoms with van der Waals surface area (Å²) in [6.07, 6.45) is 2.09. The Labute approximate surface area is 141 Å². The Kier molecular flexibility index (Phi) is 4.47. The van der Waals surface area contributed by atoms with Crippen LogP contribution in [0.3, 0.4) is 0 Å². The van der Waals surface area contributed by atoms with E-state index in [1.54, 1.807) is 17.9 Å². The topological polar surface area (TPSA) is 79.6 Å². The minimum atomic E-state index is -0.556. The van der Waals surface area contributed by atoms with E-state index in [0.29, 0.717) is 43.2 Å². The van der Waals surface area contributed by atoms with Crippen molar-refractivity contribution < 1.29 is 14.0 Å². The zero-order valence-electron chi connectivity index (χ0n) is 14.4. The summed E-state index contributed by atoms with van der Waals surface area (Å²) in [5.41, 5.74) is 0.227. The molecular weight excluding hydrogens is 308 g/mol. The summed E-state index contributed by atoms with van der Waals surface area (Å²) >= 11 is 0. The van der Waals surface area contributed by atoms with E-state index in [0.717, 1.165) is 6.42 Å². The average molecular weight is 332 g/mol. The minimum absolute atomic E-state index is 0.0131. The highest BCUT2D eigenvalue weighted by molar-refractivity contribution is 5.95. The third-order valence-electron chi connectivity index (χ3n) is 4.90. The number of fused-ring (bicyclic) bond motifs is 1. The number of aryl methyl sites for hydroxylation is 2. The second-order valence-electron chi connectivity index (χ2n) is 7.34. The van der Waals surface area contributed by atoms with Gasteiger partial charge in [0.25, 0.3) is 5.91 Å². The van der Waals surface area contributed by atoms with E-state index < -0.39 is 5.63 Å². The Morgan fingerprint density at radius 1 is 1.38 bits per heavy atom. The highest BCUT2D eigenvalue weighted by atomic mass is 16.4. The second-order valence-corrected chi connectivity index (χ2v) is 7.34. The van der Waals surface area contributed by atoms with Gasteiger partial charge in [0, 0.05) is 31.8 Å². The lowest BCUT2D eigenvalue weighted by atomic mass is 10.0. The normalized spacial score (nSPS) is 22.8. The first kappa shape index (κ1) is 16.7. The molecule has 0 bridgehead atoms. The predicted octanol–water partition coefficient (Wildman–Crippen LogP) is 1.50. The standard InChI is InChI=1S/C18H24N2O4/c1-10(2)4-5-13-6-11(3)16(18(23)24-13)17(22)20-8-12-7-15(21)19-14(12)9-20/h6,10,12,14H,4-5,7-9H2,1-3H3,(H,19,21)/t12-,14+/m0/s1. The zero-order chi connectivity index (χ0) is 17.4. The number of likely N-dealkylation sites (tertiary alicyclic amines) is 1. The maximum atomic E-state index is 12.7. The highest BCUT2D eigenvalue weighted by Crippen LogP contribution is 2.26. The number of rotatable bonds is 4. The Morgan fingerprint density at radius 2 is 2.12 bits per heavy atom. The Morgan fingerprint density at radius 3 is 2.75 bits per heavy atom. The van der Waals surface area contributed by atoms with Crippen molar-refractivity contribution >= 4 is 11.8 Å². The first-order valence-corrected chi connectivity index (χ1v) is 8.57. The van der Waals surface area contributed by atoms with Crippen molar-refractivity contribution in [2.75, 3.05) is 13.1 Å². The van der Waals surface area contributed by atoms with Crippen LogP contribution >= 0.6 is 0 Å². The lowest BCUT2D eigenvalue weighted by Gasteiger charge is -2.18. The summed E-state index contributed by atoms with van der Waals surface area (Å²) in [6.45, 7) is 6.99. The molecule has 0 unspecified atom stereocenters. The van der Waals surface area contributed by atoms with Crippen molar-refractivity contribution in [1.82, 2.24) is 10.2 Å². The molecule has 3 rings (SSSR count). The molecule has 1 N–H and O–H groups in total. The molecular formula is C18H24N2O4. The molecule has 0 radical (unpaired) electrons. The lowest BCUT2D eigenvalue weighted by Crippen LogP contribution is -2.37.